The standard InChI is InChI=1S/C10H22N2O/c1-2-3-6-12(7-5-11)10-4-8-13-9-10/h10H,2-9,11H2,1H3. The molecule has 13 heavy (non-hydrogen) atoms. The first-order chi connectivity index (χ1) is 6.38. The maximum atomic E-state index is 5.59. The SMILES string of the molecule is CCCCN(CCN)C1CCOC1. The number of ether oxygens (including phenoxy) is 1. The summed E-state index contributed by atoms with van der Waals surface area (Å²) in [4.78, 5) is 2.48. The molecule has 1 heterocycles. The van der Waals surface area contributed by atoms with Gasteiger partial charge in [-0.2, -0.15) is 0 Å². The second-order valence-electron chi connectivity index (χ2n) is 3.70. The quantitative estimate of drug-likeness (QED) is 0.668. The minimum atomic E-state index is 0.634. The molecule has 2 N–H and O–H groups in total. The predicted octanol–water partition coefficient (Wildman–Crippen LogP) is 0.836. The largest absolute Gasteiger partial charge is 0.380 e. The lowest BCUT2D eigenvalue weighted by Gasteiger charge is -2.26. The van der Waals surface area contributed by atoms with Crippen LogP contribution >= 0.6 is 0 Å². The van der Waals surface area contributed by atoms with Crippen LogP contribution in [0.15, 0.2) is 0 Å². The molecular weight excluding hydrogens is 164 g/mol. The molecule has 0 aromatic carbocycles. The summed E-state index contributed by atoms with van der Waals surface area (Å²) in [5.41, 5.74) is 5.59. The molecule has 1 fully saturated rings. The summed E-state index contributed by atoms with van der Waals surface area (Å²) in [6.45, 7) is 7.03. The third-order valence-corrected chi connectivity index (χ3v) is 2.64. The summed E-state index contributed by atoms with van der Waals surface area (Å²) in [6, 6.07) is 0.634. The molecule has 78 valence electrons. The van der Waals surface area contributed by atoms with Crippen molar-refractivity contribution in [2.24, 2.45) is 5.73 Å². The summed E-state index contributed by atoms with van der Waals surface area (Å²) in [7, 11) is 0. The summed E-state index contributed by atoms with van der Waals surface area (Å²) in [5.74, 6) is 0. The molecule has 0 aromatic heterocycles. The highest BCUT2D eigenvalue weighted by Gasteiger charge is 2.21. The van der Waals surface area contributed by atoms with Gasteiger partial charge < -0.3 is 10.5 Å². The normalized spacial score (nSPS) is 22.8. The molecule has 1 unspecified atom stereocenters. The first kappa shape index (κ1) is 11.0. The number of nitrogens with two attached hydrogens (primary N) is 1. The van der Waals surface area contributed by atoms with Gasteiger partial charge in [-0.15, -0.1) is 0 Å². The Labute approximate surface area is 81.2 Å². The Morgan fingerprint density at radius 2 is 2.31 bits per heavy atom. The molecule has 0 radical (unpaired) electrons. The zero-order valence-corrected chi connectivity index (χ0v) is 8.67. The van der Waals surface area contributed by atoms with E-state index in [4.69, 9.17) is 10.5 Å². The van der Waals surface area contributed by atoms with Gasteiger partial charge in [0.15, 0.2) is 0 Å². The number of hydrogen-bond acceptors (Lipinski definition) is 3. The highest BCUT2D eigenvalue weighted by Crippen LogP contribution is 2.12. The molecule has 1 atom stereocenters. The van der Waals surface area contributed by atoms with Gasteiger partial charge in [-0.25, -0.2) is 0 Å². The molecule has 0 bridgehead atoms. The van der Waals surface area contributed by atoms with Crippen molar-refractivity contribution in [2.45, 2.75) is 32.2 Å². The van der Waals surface area contributed by atoms with Crippen molar-refractivity contribution in [3.05, 3.63) is 0 Å². The van der Waals surface area contributed by atoms with Crippen LogP contribution in [0.5, 0.6) is 0 Å². The van der Waals surface area contributed by atoms with Crippen molar-refractivity contribution in [1.82, 2.24) is 4.90 Å². The molecule has 0 amide bonds. The third kappa shape index (κ3) is 3.63. The Bertz CT molecular complexity index is 124. The van der Waals surface area contributed by atoms with Crippen molar-refractivity contribution in [3.63, 3.8) is 0 Å². The van der Waals surface area contributed by atoms with E-state index in [0.717, 1.165) is 26.3 Å². The van der Waals surface area contributed by atoms with E-state index < -0.39 is 0 Å². The molecule has 3 nitrogen and oxygen atoms in total. The van der Waals surface area contributed by atoms with Gasteiger partial charge in [0.1, 0.15) is 0 Å². The zero-order chi connectivity index (χ0) is 9.52. The Balaban J connectivity index is 2.26. The summed E-state index contributed by atoms with van der Waals surface area (Å²) < 4.78 is 5.38. The monoisotopic (exact) mass is 186 g/mol. The van der Waals surface area contributed by atoms with E-state index in [-0.39, 0.29) is 0 Å². The summed E-state index contributed by atoms with van der Waals surface area (Å²) >= 11 is 0. The van der Waals surface area contributed by atoms with E-state index in [1.165, 1.54) is 25.8 Å². The van der Waals surface area contributed by atoms with E-state index >= 15 is 0 Å². The van der Waals surface area contributed by atoms with E-state index in [2.05, 4.69) is 11.8 Å². The summed E-state index contributed by atoms with van der Waals surface area (Å²) in [6.07, 6.45) is 3.72. The van der Waals surface area contributed by atoms with Crippen LogP contribution in [0.4, 0.5) is 0 Å². The number of unbranched alkanes of at least 4 members (excludes halogenated alkanes) is 1. The van der Waals surface area contributed by atoms with Crippen molar-refractivity contribution < 1.29 is 4.74 Å². The van der Waals surface area contributed by atoms with Crippen LogP contribution < -0.4 is 5.73 Å². The Kier molecular flexibility index (Phi) is 5.35. The molecule has 1 aliphatic heterocycles. The molecule has 1 rings (SSSR count). The van der Waals surface area contributed by atoms with E-state index in [9.17, 15) is 0 Å². The summed E-state index contributed by atoms with van der Waals surface area (Å²) in [5, 5.41) is 0. The van der Waals surface area contributed by atoms with Crippen LogP contribution in [0.2, 0.25) is 0 Å². The van der Waals surface area contributed by atoms with Crippen LogP contribution in [0, 0.1) is 0 Å². The second kappa shape index (κ2) is 6.35. The van der Waals surface area contributed by atoms with Gasteiger partial charge in [-0.05, 0) is 19.4 Å². The maximum absolute atomic E-state index is 5.59. The smallest absolute Gasteiger partial charge is 0.0622 e. The minimum absolute atomic E-state index is 0.634. The van der Waals surface area contributed by atoms with Crippen molar-refractivity contribution in [3.8, 4) is 0 Å². The van der Waals surface area contributed by atoms with Gasteiger partial charge in [0, 0.05) is 25.7 Å². The van der Waals surface area contributed by atoms with E-state index in [1.807, 2.05) is 0 Å². The molecule has 0 aromatic rings. The Hall–Kier alpha value is -0.120. The Morgan fingerprint density at radius 3 is 2.85 bits per heavy atom. The highest BCUT2D eigenvalue weighted by molar-refractivity contribution is 4.75. The lowest BCUT2D eigenvalue weighted by molar-refractivity contribution is 0.144. The molecule has 0 aliphatic carbocycles. The lowest BCUT2D eigenvalue weighted by Crippen LogP contribution is -2.39. The van der Waals surface area contributed by atoms with Gasteiger partial charge in [0.05, 0.1) is 6.61 Å². The topological polar surface area (TPSA) is 38.5 Å². The second-order valence-corrected chi connectivity index (χ2v) is 3.70. The van der Waals surface area contributed by atoms with Crippen LogP contribution in [-0.2, 0) is 4.74 Å². The van der Waals surface area contributed by atoms with E-state index in [0.29, 0.717) is 6.04 Å². The first-order valence-corrected chi connectivity index (χ1v) is 5.40. The molecule has 1 aliphatic rings. The average Bonchev–Trinajstić information content (AvgIpc) is 2.65. The van der Waals surface area contributed by atoms with Crippen LogP contribution in [0.1, 0.15) is 26.2 Å². The van der Waals surface area contributed by atoms with Gasteiger partial charge in [0.25, 0.3) is 0 Å². The fraction of sp³-hybridized carbons (Fsp3) is 1.00. The lowest BCUT2D eigenvalue weighted by atomic mass is 10.2. The highest BCUT2D eigenvalue weighted by atomic mass is 16.5. The van der Waals surface area contributed by atoms with Gasteiger partial charge in [-0.1, -0.05) is 13.3 Å². The maximum Gasteiger partial charge on any atom is 0.0622 e. The minimum Gasteiger partial charge on any atom is -0.380 e. The number of hydrogen-bond donors (Lipinski definition) is 1. The average molecular weight is 186 g/mol. The Morgan fingerprint density at radius 1 is 1.46 bits per heavy atom. The number of nitrogens with zero attached hydrogens (tertiary/aromatic N) is 1. The van der Waals surface area contributed by atoms with E-state index in [1.54, 1.807) is 0 Å². The zero-order valence-electron chi connectivity index (χ0n) is 8.67. The third-order valence-electron chi connectivity index (χ3n) is 2.64. The van der Waals surface area contributed by atoms with Gasteiger partial charge >= 0.3 is 0 Å². The molecule has 3 heteroatoms. The molecule has 0 spiro atoms. The van der Waals surface area contributed by atoms with Crippen molar-refractivity contribution >= 4 is 0 Å². The van der Waals surface area contributed by atoms with Crippen LogP contribution in [0.3, 0.4) is 0 Å². The number of rotatable bonds is 6. The fourth-order valence-electron chi connectivity index (χ4n) is 1.81. The van der Waals surface area contributed by atoms with Gasteiger partial charge in [0.2, 0.25) is 0 Å². The van der Waals surface area contributed by atoms with Gasteiger partial charge in [-0.3, -0.25) is 4.90 Å². The molecule has 0 saturated carbocycles. The first-order valence-electron chi connectivity index (χ1n) is 5.40. The molecule has 1 saturated heterocycles. The van der Waals surface area contributed by atoms with Crippen LogP contribution in [0.25, 0.3) is 0 Å². The predicted molar refractivity (Wildman–Crippen MR) is 54.8 cm³/mol. The van der Waals surface area contributed by atoms with Crippen LogP contribution in [-0.4, -0.2) is 43.8 Å². The van der Waals surface area contributed by atoms with Crippen molar-refractivity contribution in [1.29, 1.82) is 0 Å². The van der Waals surface area contributed by atoms with Crippen molar-refractivity contribution in [2.75, 3.05) is 32.8 Å². The fourth-order valence-corrected chi connectivity index (χ4v) is 1.81. The molecular formula is C10H22N2O.